The molecule has 0 spiro atoms. The smallest absolute Gasteiger partial charge is 0.159 e. The lowest BCUT2D eigenvalue weighted by molar-refractivity contribution is 0.508. The second-order valence-electron chi connectivity index (χ2n) is 25.8. The van der Waals surface area contributed by atoms with Crippen molar-refractivity contribution in [2.24, 2.45) is 0 Å². The van der Waals surface area contributed by atoms with E-state index in [1.54, 1.807) is 57.2 Å². The third-order valence-electron chi connectivity index (χ3n) is 16.2. The molecule has 0 aliphatic carbocycles. The molecule has 0 unspecified atom stereocenters. The Balaban J connectivity index is 0.000000573. The Morgan fingerprint density at radius 3 is 0.760 bits per heavy atom. The second-order valence-corrected chi connectivity index (χ2v) is 26.7. The second kappa shape index (κ2) is 47.3. The highest BCUT2D eigenvalue weighted by molar-refractivity contribution is 6.30. The highest BCUT2D eigenvalue weighted by Gasteiger charge is 2.08. The lowest BCUT2D eigenvalue weighted by Gasteiger charge is -2.04. The molecule has 104 heavy (non-hydrogen) atoms. The maximum Gasteiger partial charge on any atom is 0.159 e. The summed E-state index contributed by atoms with van der Waals surface area (Å²) in [5.74, 6) is -4.14. The summed E-state index contributed by atoms with van der Waals surface area (Å²) in [4.78, 5) is 0. The monoisotopic (exact) mass is 1450 g/mol. The third kappa shape index (κ3) is 36.2. The van der Waals surface area contributed by atoms with E-state index in [2.05, 4.69) is 165 Å². The zero-order valence-electron chi connectivity index (χ0n) is 64.6. The Morgan fingerprint density at radius 2 is 0.500 bits per heavy atom. The van der Waals surface area contributed by atoms with Crippen LogP contribution < -0.4 is 0 Å². The van der Waals surface area contributed by atoms with Gasteiger partial charge in [0.1, 0.15) is 46.8 Å². The van der Waals surface area contributed by atoms with Crippen LogP contribution >= 0.6 is 23.2 Å². The van der Waals surface area contributed by atoms with Gasteiger partial charge in [0.25, 0.3) is 0 Å². The van der Waals surface area contributed by atoms with Gasteiger partial charge in [-0.3, -0.25) is 0 Å². The van der Waals surface area contributed by atoms with Gasteiger partial charge in [-0.1, -0.05) is 165 Å². The number of nitrogens with zero attached hydrogens (tertiary/aromatic N) is 3. The molecule has 0 bridgehead atoms. The Labute approximate surface area is 626 Å². The van der Waals surface area contributed by atoms with Gasteiger partial charge in [0.05, 0.1) is 22.2 Å². The van der Waals surface area contributed by atoms with Crippen LogP contribution in [0.2, 0.25) is 10.0 Å². The van der Waals surface area contributed by atoms with Crippen LogP contribution in [0.4, 0.5) is 30.7 Å². The molecule has 11 aromatic carbocycles. The summed E-state index contributed by atoms with van der Waals surface area (Å²) in [6, 6.07) is 60.0. The molecule has 11 aromatic rings. The molecular weight excluding hydrogens is 1350 g/mol. The van der Waals surface area contributed by atoms with E-state index in [9.17, 15) is 30.7 Å². The predicted molar refractivity (Wildman–Crippen MR) is 424 cm³/mol. The molecule has 0 aromatic heterocycles. The van der Waals surface area contributed by atoms with Gasteiger partial charge in [-0.05, 0) is 333 Å². The van der Waals surface area contributed by atoms with Crippen LogP contribution in [0.25, 0.3) is 0 Å². The standard InChI is InChI=1S/4C10H14.C8H5F2N.C8H6FN.C8H7N.C7H6ClF.C7H7Cl.C7H6F2.C7H7F/c4*1-7-5-8(2)10(4)9(3)6-7;1-5-2-7(9)6(4-11)8(10)3-5;1-6-2-3-7(5-10)8(9)4-6;1-7-2-4-8(6-9)5-3-7;1-5-2-3-6(8)7(9)4-5;1-6-2-4-7(8)5-3-6;1-5-2-3-6(8)7(9)4-5;1-6-2-4-7(8)5-3-6/h4*5-6H,1-4H3;2-3H,1H3;2-4H,1H3;2-5H,1H3;2-4H,1H3;2-5H,1H3;2-4H,1H3;2-5H,1H3. The van der Waals surface area contributed by atoms with Gasteiger partial charge in [0.2, 0.25) is 0 Å². The minimum atomic E-state index is -0.801. The van der Waals surface area contributed by atoms with Crippen molar-refractivity contribution < 1.29 is 30.7 Å². The number of hydrogen-bond acceptors (Lipinski definition) is 3. The molecule has 0 N–H and O–H groups in total. The molecule has 0 aliphatic rings. The molecule has 546 valence electrons. The Bertz CT molecular complexity index is 4180. The minimum Gasteiger partial charge on any atom is -0.207 e. The third-order valence-corrected chi connectivity index (χ3v) is 16.7. The van der Waals surface area contributed by atoms with Gasteiger partial charge in [0.15, 0.2) is 11.6 Å². The fourth-order valence-electron chi connectivity index (χ4n) is 9.42. The molecule has 3 nitrogen and oxygen atoms in total. The van der Waals surface area contributed by atoms with E-state index in [0.717, 1.165) is 57.1 Å². The fraction of sp³-hybridized carbons (Fsp3) is 0.250. The number of hydrogen-bond donors (Lipinski definition) is 0. The van der Waals surface area contributed by atoms with Crippen LogP contribution in [0, 0.1) is 234 Å². The Morgan fingerprint density at radius 1 is 0.231 bits per heavy atom. The van der Waals surface area contributed by atoms with Crippen molar-refractivity contribution in [1.29, 1.82) is 15.8 Å². The SMILES string of the molecule is Cc1cc(C)c(C)c(C)c1.Cc1cc(C)c(C)c(C)c1.Cc1cc(C)c(C)c(C)c1.Cc1cc(C)c(C)c(C)c1.Cc1cc(F)c(C#N)c(F)c1.Cc1ccc(C#N)c(F)c1.Cc1ccc(C#N)cc1.Cc1ccc(Cl)c(F)c1.Cc1ccc(Cl)cc1.Cc1ccc(F)c(F)c1.Cc1ccc(F)cc1. The average molecular weight is 1450 g/mol. The zero-order chi connectivity index (χ0) is 79.2. The first-order valence-corrected chi connectivity index (χ1v) is 34.3. The first-order chi connectivity index (χ1) is 48.6. The topological polar surface area (TPSA) is 71.4 Å². The van der Waals surface area contributed by atoms with E-state index in [0.29, 0.717) is 5.56 Å². The van der Waals surface area contributed by atoms with E-state index in [1.165, 1.54) is 143 Å². The molecule has 0 saturated heterocycles. The highest BCUT2D eigenvalue weighted by atomic mass is 35.5. The normalized spacial score (nSPS) is 9.51. The number of nitriles is 3. The maximum absolute atomic E-state index is 12.6. The van der Waals surface area contributed by atoms with E-state index in [4.69, 9.17) is 39.0 Å². The molecule has 0 radical (unpaired) electrons. The summed E-state index contributed by atoms with van der Waals surface area (Å²) in [7, 11) is 0. The van der Waals surface area contributed by atoms with Crippen LogP contribution in [0.3, 0.4) is 0 Å². The van der Waals surface area contributed by atoms with E-state index >= 15 is 0 Å². The molecule has 0 aliphatic heterocycles. The summed E-state index contributed by atoms with van der Waals surface area (Å²) in [6.07, 6.45) is 0. The van der Waals surface area contributed by atoms with Gasteiger partial charge in [-0.25, -0.2) is 30.7 Å². The summed E-state index contributed by atoms with van der Waals surface area (Å²) in [5.41, 5.74) is 29.1. The fourth-order valence-corrected chi connectivity index (χ4v) is 9.67. The van der Waals surface area contributed by atoms with Gasteiger partial charge in [0, 0.05) is 5.02 Å². The van der Waals surface area contributed by atoms with Crippen molar-refractivity contribution in [3.8, 4) is 18.2 Å². The molecule has 0 fully saturated rings. The minimum absolute atomic E-state index is 0.102. The van der Waals surface area contributed by atoms with Crippen LogP contribution in [-0.4, -0.2) is 0 Å². The molecule has 0 heterocycles. The van der Waals surface area contributed by atoms with Crippen LogP contribution in [0.1, 0.15) is 145 Å². The van der Waals surface area contributed by atoms with Crippen molar-refractivity contribution in [2.75, 3.05) is 0 Å². The largest absolute Gasteiger partial charge is 0.207 e. The van der Waals surface area contributed by atoms with E-state index in [-0.39, 0.29) is 22.2 Å². The average Bonchev–Trinajstić information content (AvgIpc) is 0.896. The zero-order valence-corrected chi connectivity index (χ0v) is 66.2. The first kappa shape index (κ1) is 92.0. The molecule has 0 amide bonds. The summed E-state index contributed by atoms with van der Waals surface area (Å²) >= 11 is 11.0. The summed E-state index contributed by atoms with van der Waals surface area (Å²) < 4.78 is 86.8. The number of rotatable bonds is 0. The van der Waals surface area contributed by atoms with Gasteiger partial charge in [-0.15, -0.1) is 0 Å². The van der Waals surface area contributed by atoms with Crippen LogP contribution in [-0.2, 0) is 0 Å². The molecule has 0 atom stereocenters. The number of aryl methyl sites for hydroxylation is 19. The van der Waals surface area contributed by atoms with Gasteiger partial charge in [-0.2, -0.15) is 15.8 Å². The van der Waals surface area contributed by atoms with Gasteiger partial charge >= 0.3 is 0 Å². The van der Waals surface area contributed by atoms with Crippen molar-refractivity contribution in [3.05, 3.63) is 383 Å². The highest BCUT2D eigenvalue weighted by Crippen LogP contribution is 2.20. The molecule has 0 saturated carbocycles. The molecular formula is C92H100Cl2F7N3. The van der Waals surface area contributed by atoms with Crippen molar-refractivity contribution in [1.82, 2.24) is 0 Å². The summed E-state index contributed by atoms with van der Waals surface area (Å²) in [6.45, 7) is 47.4. The lowest BCUT2D eigenvalue weighted by Crippen LogP contribution is -1.90. The van der Waals surface area contributed by atoms with Crippen molar-refractivity contribution in [2.45, 2.75) is 159 Å². The Hall–Kier alpha value is -10.0. The van der Waals surface area contributed by atoms with Crippen LogP contribution in [0.5, 0.6) is 0 Å². The lowest BCUT2D eigenvalue weighted by atomic mass is 10.0. The number of halogens is 9. The maximum atomic E-state index is 12.6. The molecule has 11 rings (SSSR count). The predicted octanol–water partition coefficient (Wildman–Crippen LogP) is 27.5. The van der Waals surface area contributed by atoms with Crippen molar-refractivity contribution >= 4 is 23.2 Å². The van der Waals surface area contributed by atoms with E-state index < -0.39 is 34.6 Å². The quantitative estimate of drug-likeness (QED) is 0.142. The number of benzene rings is 11. The van der Waals surface area contributed by atoms with Gasteiger partial charge < -0.3 is 0 Å². The molecule has 12 heteroatoms. The van der Waals surface area contributed by atoms with Crippen molar-refractivity contribution in [3.63, 3.8) is 0 Å². The summed E-state index contributed by atoms with van der Waals surface area (Å²) in [5, 5.41) is 25.9. The first-order valence-electron chi connectivity index (χ1n) is 33.6. The van der Waals surface area contributed by atoms with E-state index in [1.807, 2.05) is 76.2 Å². The van der Waals surface area contributed by atoms with Crippen LogP contribution in [0.15, 0.2) is 188 Å². The Kier molecular flexibility index (Phi) is 41.8.